The quantitative estimate of drug-likeness (QED) is 0.605. The zero-order valence-corrected chi connectivity index (χ0v) is 6.81. The molecular weight excluding hydrogens is 171 g/mol. The maximum Gasteiger partial charge on any atom is 0.411 e. The first-order valence-electron chi connectivity index (χ1n) is 3.40. The number of hydrogen-bond donors (Lipinski definition) is 1. The number of likely N-dealkylation sites (N-methyl/N-ethyl adjacent to an activating group) is 1. The summed E-state index contributed by atoms with van der Waals surface area (Å²) in [4.78, 5) is 0.931. The van der Waals surface area contributed by atoms with Gasteiger partial charge in [0.15, 0.2) is 6.04 Å². The van der Waals surface area contributed by atoms with Crippen LogP contribution < -0.4 is 0 Å². The zero-order chi connectivity index (χ0) is 9.73. The molecule has 0 bridgehead atoms. The molecule has 0 aromatic heterocycles. The Kier molecular flexibility index (Phi) is 1.69. The highest BCUT2D eigenvalue weighted by Crippen LogP contribution is 2.45. The lowest BCUT2D eigenvalue weighted by atomic mass is 9.82. The summed E-state index contributed by atoms with van der Waals surface area (Å²) in [6, 6.07) is -1.82. The van der Waals surface area contributed by atoms with E-state index in [1.807, 2.05) is 0 Å². The lowest BCUT2D eigenvalue weighted by Gasteiger charge is -2.54. The molecule has 1 saturated heterocycles. The number of nitrogens with zero attached hydrogens (tertiary/aromatic N) is 1. The van der Waals surface area contributed by atoms with E-state index in [4.69, 9.17) is 0 Å². The molecule has 1 rings (SSSR count). The maximum atomic E-state index is 12.2. The van der Waals surface area contributed by atoms with Gasteiger partial charge in [-0.05, 0) is 6.92 Å². The SMILES string of the molecule is C=C1N(C)[C@@H](C(F)(F)F)[C@@]1(C)O. The monoisotopic (exact) mass is 181 g/mol. The zero-order valence-electron chi connectivity index (χ0n) is 6.81. The minimum absolute atomic E-state index is 0.102. The van der Waals surface area contributed by atoms with Crippen LogP contribution in [0.15, 0.2) is 12.3 Å². The van der Waals surface area contributed by atoms with Crippen LogP contribution in [0.4, 0.5) is 13.2 Å². The predicted octanol–water partition coefficient (Wildman–Crippen LogP) is 1.13. The van der Waals surface area contributed by atoms with Gasteiger partial charge in [-0.25, -0.2) is 0 Å². The van der Waals surface area contributed by atoms with Gasteiger partial charge in [-0.1, -0.05) is 6.58 Å². The van der Waals surface area contributed by atoms with Crippen molar-refractivity contribution in [2.24, 2.45) is 0 Å². The van der Waals surface area contributed by atoms with Crippen molar-refractivity contribution in [2.75, 3.05) is 7.05 Å². The van der Waals surface area contributed by atoms with Gasteiger partial charge < -0.3 is 10.0 Å². The van der Waals surface area contributed by atoms with Crippen molar-refractivity contribution in [1.29, 1.82) is 0 Å². The summed E-state index contributed by atoms with van der Waals surface area (Å²) >= 11 is 0. The van der Waals surface area contributed by atoms with Gasteiger partial charge in [0.25, 0.3) is 0 Å². The van der Waals surface area contributed by atoms with Gasteiger partial charge in [-0.3, -0.25) is 0 Å². The number of likely N-dealkylation sites (tertiary alicyclic amines) is 1. The van der Waals surface area contributed by atoms with Crippen LogP contribution in [-0.2, 0) is 0 Å². The van der Waals surface area contributed by atoms with Crippen LogP contribution in [-0.4, -0.2) is 34.9 Å². The fraction of sp³-hybridized carbons (Fsp3) is 0.714. The van der Waals surface area contributed by atoms with Gasteiger partial charge in [0.2, 0.25) is 0 Å². The number of alkyl halides is 3. The first-order valence-corrected chi connectivity index (χ1v) is 3.40. The summed E-state index contributed by atoms with van der Waals surface area (Å²) in [6.45, 7) is 4.45. The smallest absolute Gasteiger partial charge is 0.381 e. The van der Waals surface area contributed by atoms with E-state index in [1.54, 1.807) is 0 Å². The molecule has 1 fully saturated rings. The molecule has 1 N–H and O–H groups in total. The van der Waals surface area contributed by atoms with Crippen LogP contribution >= 0.6 is 0 Å². The second-order valence-electron chi connectivity index (χ2n) is 3.15. The Labute approximate surface area is 68.3 Å². The van der Waals surface area contributed by atoms with Crippen molar-refractivity contribution in [3.63, 3.8) is 0 Å². The van der Waals surface area contributed by atoms with Gasteiger partial charge in [0.1, 0.15) is 5.60 Å². The van der Waals surface area contributed by atoms with E-state index in [0.717, 1.165) is 11.8 Å². The van der Waals surface area contributed by atoms with Gasteiger partial charge in [-0.15, -0.1) is 0 Å². The summed E-state index contributed by atoms with van der Waals surface area (Å²) in [5.41, 5.74) is -1.74. The lowest BCUT2D eigenvalue weighted by molar-refractivity contribution is -0.251. The van der Waals surface area contributed by atoms with Crippen molar-refractivity contribution in [1.82, 2.24) is 4.90 Å². The number of aliphatic hydroxyl groups is 1. The predicted molar refractivity (Wildman–Crippen MR) is 37.4 cm³/mol. The standard InChI is InChI=1S/C7H10F3NO/c1-4-6(2,12)5(11(4)3)7(8,9)10/h5,12H,1H2,2-3H3/t5-,6+/m1/s1. The third kappa shape index (κ3) is 0.998. The van der Waals surface area contributed by atoms with Crippen molar-refractivity contribution in [2.45, 2.75) is 24.7 Å². The van der Waals surface area contributed by atoms with E-state index < -0.39 is 17.8 Å². The van der Waals surface area contributed by atoms with Crippen molar-refractivity contribution in [3.05, 3.63) is 12.3 Å². The normalized spacial score (nSPS) is 36.7. The average Bonchev–Trinajstić information content (AvgIpc) is 1.83. The minimum Gasteiger partial charge on any atom is -0.381 e. The molecule has 5 heteroatoms. The summed E-state index contributed by atoms with van der Waals surface area (Å²) in [5, 5.41) is 9.29. The fourth-order valence-electron chi connectivity index (χ4n) is 1.52. The van der Waals surface area contributed by atoms with Crippen LogP contribution in [0.5, 0.6) is 0 Å². The highest BCUT2D eigenvalue weighted by molar-refractivity contribution is 5.27. The maximum absolute atomic E-state index is 12.2. The summed E-state index contributed by atoms with van der Waals surface area (Å²) in [5.74, 6) is 0. The first-order chi connectivity index (χ1) is 5.19. The Morgan fingerprint density at radius 2 is 2.00 bits per heavy atom. The van der Waals surface area contributed by atoms with E-state index in [9.17, 15) is 18.3 Å². The third-order valence-corrected chi connectivity index (χ3v) is 2.24. The highest BCUT2D eigenvalue weighted by Gasteiger charge is 2.62. The van der Waals surface area contributed by atoms with Gasteiger partial charge in [-0.2, -0.15) is 13.2 Å². The van der Waals surface area contributed by atoms with Crippen molar-refractivity contribution >= 4 is 0 Å². The van der Waals surface area contributed by atoms with E-state index in [-0.39, 0.29) is 5.70 Å². The number of hydrogen-bond acceptors (Lipinski definition) is 2. The molecule has 2 atom stereocenters. The number of halogens is 3. The highest BCUT2D eigenvalue weighted by atomic mass is 19.4. The van der Waals surface area contributed by atoms with Crippen LogP contribution in [0.3, 0.4) is 0 Å². The third-order valence-electron chi connectivity index (χ3n) is 2.24. The van der Waals surface area contributed by atoms with Crippen LogP contribution in [0.25, 0.3) is 0 Å². The Bertz CT molecular complexity index is 221. The Balaban J connectivity index is 2.89. The van der Waals surface area contributed by atoms with Crippen molar-refractivity contribution in [3.8, 4) is 0 Å². The van der Waals surface area contributed by atoms with E-state index in [0.29, 0.717) is 0 Å². The molecule has 0 aromatic rings. The summed E-state index contributed by atoms with van der Waals surface area (Å²) in [7, 11) is 1.26. The molecule has 0 aromatic carbocycles. The van der Waals surface area contributed by atoms with Gasteiger partial charge in [0, 0.05) is 12.7 Å². The molecule has 0 saturated carbocycles. The fourth-order valence-corrected chi connectivity index (χ4v) is 1.52. The average molecular weight is 181 g/mol. The molecule has 1 aliphatic rings. The largest absolute Gasteiger partial charge is 0.411 e. The van der Waals surface area contributed by atoms with Crippen LogP contribution in [0.1, 0.15) is 6.92 Å². The van der Waals surface area contributed by atoms with Crippen molar-refractivity contribution < 1.29 is 18.3 Å². The van der Waals surface area contributed by atoms with E-state index >= 15 is 0 Å². The summed E-state index contributed by atoms with van der Waals surface area (Å²) < 4.78 is 36.5. The molecule has 0 unspecified atom stereocenters. The van der Waals surface area contributed by atoms with E-state index in [2.05, 4.69) is 6.58 Å². The van der Waals surface area contributed by atoms with Gasteiger partial charge in [0.05, 0.1) is 0 Å². The Morgan fingerprint density at radius 3 is 2.17 bits per heavy atom. The van der Waals surface area contributed by atoms with Crippen LogP contribution in [0, 0.1) is 0 Å². The van der Waals surface area contributed by atoms with E-state index in [1.165, 1.54) is 7.05 Å². The summed E-state index contributed by atoms with van der Waals surface area (Å²) in [6.07, 6.45) is -4.40. The molecule has 0 amide bonds. The molecule has 2 nitrogen and oxygen atoms in total. The lowest BCUT2D eigenvalue weighted by Crippen LogP contribution is -2.69. The Morgan fingerprint density at radius 1 is 1.58 bits per heavy atom. The molecule has 1 heterocycles. The first kappa shape index (κ1) is 9.38. The molecular formula is C7H10F3NO. The molecule has 0 aliphatic carbocycles. The minimum atomic E-state index is -4.40. The Hall–Kier alpha value is -0.710. The molecule has 70 valence electrons. The second kappa shape index (κ2) is 2.16. The van der Waals surface area contributed by atoms with Crippen LogP contribution in [0.2, 0.25) is 0 Å². The number of rotatable bonds is 0. The molecule has 0 radical (unpaired) electrons. The molecule has 12 heavy (non-hydrogen) atoms. The molecule has 1 aliphatic heterocycles. The van der Waals surface area contributed by atoms with Gasteiger partial charge >= 0.3 is 6.18 Å². The topological polar surface area (TPSA) is 23.5 Å². The second-order valence-corrected chi connectivity index (χ2v) is 3.15. The molecule has 0 spiro atoms.